The van der Waals surface area contributed by atoms with Crippen LogP contribution in [0.15, 0.2) is 72.9 Å². The van der Waals surface area contributed by atoms with Crippen LogP contribution in [-0.4, -0.2) is 42.0 Å². The first-order valence-electron chi connectivity index (χ1n) is 11.2. The number of aromatic nitrogens is 1. The van der Waals surface area contributed by atoms with Gasteiger partial charge in [-0.25, -0.2) is 4.39 Å². The monoisotopic (exact) mass is 467 g/mol. The summed E-state index contributed by atoms with van der Waals surface area (Å²) in [5, 5.41) is 3.94. The van der Waals surface area contributed by atoms with E-state index in [2.05, 4.69) is 10.3 Å². The Balaban J connectivity index is 1.65. The topological polar surface area (TPSA) is 54.5 Å². The van der Waals surface area contributed by atoms with Crippen molar-refractivity contribution in [3.05, 3.63) is 95.0 Å². The highest BCUT2D eigenvalue weighted by Gasteiger charge is 2.33. The summed E-state index contributed by atoms with van der Waals surface area (Å²) in [7, 11) is 0. The second-order valence-electron chi connectivity index (χ2n) is 8.04. The van der Waals surface area contributed by atoms with E-state index in [9.17, 15) is 9.18 Å². The second-order valence-corrected chi connectivity index (χ2v) is 8.48. The van der Waals surface area contributed by atoms with Crippen molar-refractivity contribution in [3.63, 3.8) is 0 Å². The highest BCUT2D eigenvalue weighted by atomic mass is 35.5. The van der Waals surface area contributed by atoms with Gasteiger partial charge in [0.15, 0.2) is 11.6 Å². The standard InChI is InChI=1S/C26H27ClFN3O2/c27-21-10-8-19(9-11-21)25(23-6-3-4-14-30-23)31(26(32)20-12-15-29-16-13-20)17-18-33-24-7-2-1-5-22(24)28/h1-11,14,20,25,29H,12-13,15-18H2/t25-/m1/s1. The number of halogens is 2. The lowest BCUT2D eigenvalue weighted by Crippen LogP contribution is -2.45. The molecule has 0 saturated carbocycles. The number of rotatable bonds is 8. The fourth-order valence-corrected chi connectivity index (χ4v) is 4.30. The van der Waals surface area contributed by atoms with Gasteiger partial charge in [-0.1, -0.05) is 41.9 Å². The number of para-hydroxylation sites is 1. The maximum atomic E-state index is 14.1. The molecule has 172 valence electrons. The van der Waals surface area contributed by atoms with Gasteiger partial charge in [0.2, 0.25) is 5.91 Å². The van der Waals surface area contributed by atoms with Crippen molar-refractivity contribution in [1.82, 2.24) is 15.2 Å². The molecule has 33 heavy (non-hydrogen) atoms. The lowest BCUT2D eigenvalue weighted by molar-refractivity contribution is -0.138. The van der Waals surface area contributed by atoms with E-state index in [4.69, 9.17) is 16.3 Å². The van der Waals surface area contributed by atoms with Gasteiger partial charge in [0, 0.05) is 17.1 Å². The van der Waals surface area contributed by atoms with Gasteiger partial charge >= 0.3 is 0 Å². The van der Waals surface area contributed by atoms with Crippen molar-refractivity contribution in [2.45, 2.75) is 18.9 Å². The van der Waals surface area contributed by atoms with Crippen LogP contribution in [0.5, 0.6) is 5.75 Å². The fraction of sp³-hybridized carbons (Fsp3) is 0.308. The Bertz CT molecular complexity index is 1040. The first kappa shape index (κ1) is 23.2. The number of hydrogen-bond acceptors (Lipinski definition) is 4. The second kappa shape index (κ2) is 11.3. The van der Waals surface area contributed by atoms with Crippen molar-refractivity contribution >= 4 is 17.5 Å². The Hall–Kier alpha value is -2.96. The van der Waals surface area contributed by atoms with Crippen LogP contribution in [0.25, 0.3) is 0 Å². The third-order valence-electron chi connectivity index (χ3n) is 5.86. The van der Waals surface area contributed by atoms with Crippen LogP contribution in [0, 0.1) is 11.7 Å². The Kier molecular flexibility index (Phi) is 7.92. The van der Waals surface area contributed by atoms with E-state index in [1.54, 1.807) is 24.4 Å². The van der Waals surface area contributed by atoms with E-state index in [1.165, 1.54) is 6.07 Å². The van der Waals surface area contributed by atoms with Crippen LogP contribution in [0.1, 0.15) is 30.1 Å². The predicted octanol–water partition coefficient (Wildman–Crippen LogP) is 4.87. The number of amides is 1. The lowest BCUT2D eigenvalue weighted by atomic mass is 9.93. The molecule has 5 nitrogen and oxygen atoms in total. The molecule has 1 aromatic heterocycles. The molecule has 2 aromatic carbocycles. The first-order chi connectivity index (χ1) is 16.1. The Morgan fingerprint density at radius 2 is 1.82 bits per heavy atom. The third-order valence-corrected chi connectivity index (χ3v) is 6.12. The number of carbonyl (C=O) groups excluding carboxylic acids is 1. The molecule has 1 atom stereocenters. The molecule has 0 radical (unpaired) electrons. The lowest BCUT2D eigenvalue weighted by Gasteiger charge is -2.35. The van der Waals surface area contributed by atoms with E-state index in [1.807, 2.05) is 47.4 Å². The Morgan fingerprint density at radius 3 is 2.52 bits per heavy atom. The molecule has 1 saturated heterocycles. The van der Waals surface area contributed by atoms with Crippen LogP contribution < -0.4 is 10.1 Å². The van der Waals surface area contributed by atoms with Crippen LogP contribution in [0.2, 0.25) is 5.02 Å². The minimum atomic E-state index is -0.423. The molecule has 0 spiro atoms. The van der Waals surface area contributed by atoms with Crippen molar-refractivity contribution < 1.29 is 13.9 Å². The summed E-state index contributed by atoms with van der Waals surface area (Å²) in [6.07, 6.45) is 3.28. The maximum Gasteiger partial charge on any atom is 0.226 e. The van der Waals surface area contributed by atoms with E-state index in [0.717, 1.165) is 37.2 Å². The minimum absolute atomic E-state index is 0.0548. The van der Waals surface area contributed by atoms with Gasteiger partial charge in [0.05, 0.1) is 18.3 Å². The van der Waals surface area contributed by atoms with Gasteiger partial charge in [-0.15, -0.1) is 0 Å². The molecule has 1 N–H and O–H groups in total. The van der Waals surface area contributed by atoms with Gasteiger partial charge in [0.25, 0.3) is 0 Å². The molecule has 0 aliphatic carbocycles. The summed E-state index contributed by atoms with van der Waals surface area (Å²) < 4.78 is 19.8. The van der Waals surface area contributed by atoms with Crippen molar-refractivity contribution in [2.75, 3.05) is 26.2 Å². The summed E-state index contributed by atoms with van der Waals surface area (Å²) in [4.78, 5) is 20.2. The number of carbonyl (C=O) groups is 1. The van der Waals surface area contributed by atoms with Crippen LogP contribution in [0.3, 0.4) is 0 Å². The summed E-state index contributed by atoms with van der Waals surface area (Å²) in [5.74, 6) is -0.280. The van der Waals surface area contributed by atoms with Gasteiger partial charge in [-0.3, -0.25) is 9.78 Å². The van der Waals surface area contributed by atoms with Crippen LogP contribution >= 0.6 is 11.6 Å². The van der Waals surface area contributed by atoms with Crippen molar-refractivity contribution in [2.24, 2.45) is 5.92 Å². The number of ether oxygens (including phenoxy) is 1. The molecule has 1 amide bonds. The maximum absolute atomic E-state index is 14.1. The zero-order valence-electron chi connectivity index (χ0n) is 18.3. The normalized spacial score (nSPS) is 15.1. The predicted molar refractivity (Wildman–Crippen MR) is 127 cm³/mol. The zero-order valence-corrected chi connectivity index (χ0v) is 19.0. The summed E-state index contributed by atoms with van der Waals surface area (Å²) >= 11 is 6.13. The highest BCUT2D eigenvalue weighted by molar-refractivity contribution is 6.30. The quantitative estimate of drug-likeness (QED) is 0.513. The Labute approximate surface area is 198 Å². The third kappa shape index (κ3) is 5.89. The average molecular weight is 468 g/mol. The highest BCUT2D eigenvalue weighted by Crippen LogP contribution is 2.31. The number of nitrogens with zero attached hydrogens (tertiary/aromatic N) is 2. The largest absolute Gasteiger partial charge is 0.489 e. The number of piperidine rings is 1. The smallest absolute Gasteiger partial charge is 0.226 e. The molecule has 2 heterocycles. The SMILES string of the molecule is O=C(C1CCNCC1)N(CCOc1ccccc1F)[C@H](c1ccc(Cl)cc1)c1ccccn1. The molecule has 1 aliphatic heterocycles. The number of benzene rings is 2. The number of hydrogen-bond donors (Lipinski definition) is 1. The van der Waals surface area contributed by atoms with E-state index >= 15 is 0 Å². The average Bonchev–Trinajstić information content (AvgIpc) is 2.86. The van der Waals surface area contributed by atoms with Crippen molar-refractivity contribution in [1.29, 1.82) is 0 Å². The molecular weight excluding hydrogens is 441 g/mol. The minimum Gasteiger partial charge on any atom is -0.489 e. The van der Waals surface area contributed by atoms with Crippen LogP contribution in [0.4, 0.5) is 4.39 Å². The van der Waals surface area contributed by atoms with E-state index in [0.29, 0.717) is 11.6 Å². The number of nitrogens with one attached hydrogen (secondary N) is 1. The molecule has 7 heteroatoms. The molecule has 4 rings (SSSR count). The van der Waals surface area contributed by atoms with Gasteiger partial charge in [0.1, 0.15) is 6.61 Å². The summed E-state index contributed by atoms with van der Waals surface area (Å²) in [6.45, 7) is 2.08. The van der Waals surface area contributed by atoms with Gasteiger partial charge in [-0.2, -0.15) is 0 Å². The van der Waals surface area contributed by atoms with Gasteiger partial charge < -0.3 is 15.0 Å². The molecule has 0 bridgehead atoms. The first-order valence-corrected chi connectivity index (χ1v) is 11.6. The molecular formula is C26H27ClFN3O2. The van der Waals surface area contributed by atoms with Gasteiger partial charge in [-0.05, 0) is 67.9 Å². The molecule has 1 fully saturated rings. The summed E-state index contributed by atoms with van der Waals surface area (Å²) in [6, 6.07) is 19.0. The fourth-order valence-electron chi connectivity index (χ4n) is 4.18. The zero-order chi connectivity index (χ0) is 23.0. The van der Waals surface area contributed by atoms with Crippen molar-refractivity contribution in [3.8, 4) is 5.75 Å². The summed E-state index contributed by atoms with van der Waals surface area (Å²) in [5.41, 5.74) is 1.67. The van der Waals surface area contributed by atoms with E-state index in [-0.39, 0.29) is 24.2 Å². The molecule has 0 unspecified atom stereocenters. The molecule has 3 aromatic rings. The van der Waals surface area contributed by atoms with E-state index < -0.39 is 11.9 Å². The molecule has 1 aliphatic rings. The number of pyridine rings is 1. The van der Waals surface area contributed by atoms with Crippen LogP contribution in [-0.2, 0) is 4.79 Å². The Morgan fingerprint density at radius 1 is 1.09 bits per heavy atom.